The standard InChI is InChI=1S/C26H27F3N8O/c1-4-37-19-9-10-36(16-7-8-18(30-11-16)24-33-20(13-35(24)2)26(27,28)29)12-17(19)23(34-37)21-22(15-5-6-15)31-14-32-25(21)38-3/h7-8,11,13-15H,4-6,9-10,12H2,1-3H3. The molecule has 9 nitrogen and oxygen atoms in total. The highest BCUT2D eigenvalue weighted by atomic mass is 19.4. The van der Waals surface area contributed by atoms with E-state index in [-0.39, 0.29) is 5.82 Å². The van der Waals surface area contributed by atoms with Gasteiger partial charge in [-0.25, -0.2) is 15.0 Å². The van der Waals surface area contributed by atoms with E-state index in [0.29, 0.717) is 24.0 Å². The smallest absolute Gasteiger partial charge is 0.434 e. The SMILES string of the molecule is CCn1nc(-c2c(OC)ncnc2C2CC2)c2c1CCN(c1ccc(-c3nc(C(F)(F)F)cn3C)nc1)C2. The monoisotopic (exact) mass is 524 g/mol. The number of halogens is 3. The largest absolute Gasteiger partial charge is 0.480 e. The molecule has 1 aliphatic heterocycles. The number of pyridine rings is 1. The summed E-state index contributed by atoms with van der Waals surface area (Å²) < 4.78 is 48.3. The predicted molar refractivity (Wildman–Crippen MR) is 134 cm³/mol. The Hall–Kier alpha value is -3.96. The molecule has 0 amide bonds. The van der Waals surface area contributed by atoms with Crippen molar-refractivity contribution in [1.29, 1.82) is 0 Å². The zero-order chi connectivity index (χ0) is 26.6. The van der Waals surface area contributed by atoms with E-state index in [1.165, 1.54) is 17.3 Å². The number of aromatic nitrogens is 7. The molecule has 198 valence electrons. The zero-order valence-corrected chi connectivity index (χ0v) is 21.3. The van der Waals surface area contributed by atoms with E-state index in [1.54, 1.807) is 25.7 Å². The van der Waals surface area contributed by atoms with Gasteiger partial charge in [-0.15, -0.1) is 0 Å². The van der Waals surface area contributed by atoms with Crippen molar-refractivity contribution in [3.05, 3.63) is 53.5 Å². The second-order valence-corrected chi connectivity index (χ2v) is 9.64. The second-order valence-electron chi connectivity index (χ2n) is 9.64. The van der Waals surface area contributed by atoms with Gasteiger partial charge in [0.25, 0.3) is 0 Å². The fourth-order valence-electron chi connectivity index (χ4n) is 5.15. The van der Waals surface area contributed by atoms with Gasteiger partial charge in [-0.05, 0) is 31.9 Å². The van der Waals surface area contributed by atoms with E-state index >= 15 is 0 Å². The molecule has 5 heterocycles. The number of rotatable bonds is 6. The van der Waals surface area contributed by atoms with E-state index in [9.17, 15) is 13.2 Å². The number of alkyl halides is 3. The molecule has 4 aromatic heterocycles. The number of anilines is 1. The van der Waals surface area contributed by atoms with Crippen LogP contribution in [0.4, 0.5) is 18.9 Å². The van der Waals surface area contributed by atoms with Crippen LogP contribution in [0.3, 0.4) is 0 Å². The zero-order valence-electron chi connectivity index (χ0n) is 21.3. The number of fused-ring (bicyclic) bond motifs is 1. The number of imidazole rings is 1. The fraction of sp³-hybridized carbons (Fsp3) is 0.423. The molecule has 2 aliphatic rings. The first-order valence-electron chi connectivity index (χ1n) is 12.6. The third-order valence-corrected chi connectivity index (χ3v) is 7.18. The van der Waals surface area contributed by atoms with Crippen LogP contribution < -0.4 is 9.64 Å². The average Bonchev–Trinajstić information content (AvgIpc) is 3.59. The third kappa shape index (κ3) is 4.17. The number of aryl methyl sites for hydroxylation is 2. The molecular formula is C26H27F3N8O. The van der Waals surface area contributed by atoms with Gasteiger partial charge in [-0.2, -0.15) is 18.3 Å². The highest BCUT2D eigenvalue weighted by molar-refractivity contribution is 5.73. The van der Waals surface area contributed by atoms with E-state index in [4.69, 9.17) is 9.84 Å². The summed E-state index contributed by atoms with van der Waals surface area (Å²) in [6.45, 7) is 4.19. The molecule has 4 aromatic rings. The van der Waals surface area contributed by atoms with Crippen LogP contribution in [0.25, 0.3) is 22.8 Å². The Morgan fingerprint density at radius 3 is 2.58 bits per heavy atom. The molecular weight excluding hydrogens is 497 g/mol. The van der Waals surface area contributed by atoms with Crippen LogP contribution in [0.1, 0.15) is 48.3 Å². The van der Waals surface area contributed by atoms with Gasteiger partial charge in [0.05, 0.1) is 30.3 Å². The molecule has 0 spiro atoms. The maximum absolute atomic E-state index is 13.1. The second kappa shape index (κ2) is 9.10. The first-order chi connectivity index (χ1) is 18.3. The van der Waals surface area contributed by atoms with Crippen molar-refractivity contribution in [3.8, 4) is 28.7 Å². The Morgan fingerprint density at radius 2 is 1.95 bits per heavy atom. The van der Waals surface area contributed by atoms with Crippen LogP contribution in [0.15, 0.2) is 30.9 Å². The van der Waals surface area contributed by atoms with Crippen molar-refractivity contribution in [2.45, 2.75) is 51.4 Å². The Morgan fingerprint density at radius 1 is 1.13 bits per heavy atom. The maximum atomic E-state index is 13.1. The molecule has 1 fully saturated rings. The molecule has 0 unspecified atom stereocenters. The van der Waals surface area contributed by atoms with Crippen LogP contribution in [-0.4, -0.2) is 47.9 Å². The molecule has 38 heavy (non-hydrogen) atoms. The molecule has 1 saturated carbocycles. The van der Waals surface area contributed by atoms with Gasteiger partial charge in [0.2, 0.25) is 5.88 Å². The van der Waals surface area contributed by atoms with Crippen molar-refractivity contribution >= 4 is 5.69 Å². The first kappa shape index (κ1) is 24.4. The fourth-order valence-corrected chi connectivity index (χ4v) is 5.15. The third-order valence-electron chi connectivity index (χ3n) is 7.18. The summed E-state index contributed by atoms with van der Waals surface area (Å²) in [4.78, 5) is 19.4. The Labute approximate surface area is 217 Å². The highest BCUT2D eigenvalue weighted by Crippen LogP contribution is 2.47. The van der Waals surface area contributed by atoms with E-state index in [0.717, 1.165) is 66.8 Å². The summed E-state index contributed by atoms with van der Waals surface area (Å²) in [6.07, 6.45) is 2.69. The van der Waals surface area contributed by atoms with Crippen molar-refractivity contribution in [1.82, 2.24) is 34.3 Å². The number of methoxy groups -OCH3 is 1. The number of hydrogen-bond donors (Lipinski definition) is 0. The summed E-state index contributed by atoms with van der Waals surface area (Å²) >= 11 is 0. The molecule has 0 saturated heterocycles. The average molecular weight is 525 g/mol. The molecule has 12 heteroatoms. The first-order valence-corrected chi connectivity index (χ1v) is 12.6. The predicted octanol–water partition coefficient (Wildman–Crippen LogP) is 4.62. The molecule has 0 N–H and O–H groups in total. The van der Waals surface area contributed by atoms with Gasteiger partial charge >= 0.3 is 6.18 Å². The summed E-state index contributed by atoms with van der Waals surface area (Å²) in [6, 6.07) is 3.59. The van der Waals surface area contributed by atoms with Gasteiger partial charge in [0.15, 0.2) is 11.5 Å². The van der Waals surface area contributed by atoms with Crippen molar-refractivity contribution in [2.75, 3.05) is 18.6 Å². The molecule has 0 radical (unpaired) electrons. The van der Waals surface area contributed by atoms with Crippen molar-refractivity contribution in [3.63, 3.8) is 0 Å². The quantitative estimate of drug-likeness (QED) is 0.364. The number of hydrogen-bond acceptors (Lipinski definition) is 7. The Balaban J connectivity index is 1.34. The Bertz CT molecular complexity index is 1490. The minimum Gasteiger partial charge on any atom is -0.480 e. The highest BCUT2D eigenvalue weighted by Gasteiger charge is 2.36. The van der Waals surface area contributed by atoms with E-state index < -0.39 is 11.9 Å². The lowest BCUT2D eigenvalue weighted by Gasteiger charge is -2.29. The van der Waals surface area contributed by atoms with Gasteiger partial charge in [0.1, 0.15) is 17.7 Å². The van der Waals surface area contributed by atoms with Gasteiger partial charge in [-0.1, -0.05) is 0 Å². The van der Waals surface area contributed by atoms with Crippen LogP contribution in [0, 0.1) is 0 Å². The minimum atomic E-state index is -4.51. The molecule has 1 aliphatic carbocycles. The summed E-state index contributed by atoms with van der Waals surface area (Å²) in [7, 11) is 3.15. The lowest BCUT2D eigenvalue weighted by molar-refractivity contribution is -0.140. The van der Waals surface area contributed by atoms with Crippen LogP contribution in [0.2, 0.25) is 0 Å². The lowest BCUT2D eigenvalue weighted by atomic mass is 9.98. The Kier molecular flexibility index (Phi) is 5.84. The summed E-state index contributed by atoms with van der Waals surface area (Å²) in [5, 5.41) is 4.99. The summed E-state index contributed by atoms with van der Waals surface area (Å²) in [5.41, 5.74) is 5.31. The van der Waals surface area contributed by atoms with Crippen molar-refractivity contribution < 1.29 is 17.9 Å². The molecule has 6 rings (SSSR count). The molecule has 0 aromatic carbocycles. The van der Waals surface area contributed by atoms with Gasteiger partial charge < -0.3 is 14.2 Å². The van der Waals surface area contributed by atoms with Gasteiger partial charge in [-0.3, -0.25) is 9.67 Å². The van der Waals surface area contributed by atoms with Crippen LogP contribution in [-0.2, 0) is 32.7 Å². The van der Waals surface area contributed by atoms with Crippen molar-refractivity contribution in [2.24, 2.45) is 7.05 Å². The van der Waals surface area contributed by atoms with E-state index in [1.807, 2.05) is 10.7 Å². The minimum absolute atomic E-state index is 0.167. The maximum Gasteiger partial charge on any atom is 0.434 e. The number of ether oxygens (including phenoxy) is 1. The topological polar surface area (TPSA) is 86.8 Å². The molecule has 0 atom stereocenters. The van der Waals surface area contributed by atoms with Gasteiger partial charge in [0, 0.05) is 56.5 Å². The van der Waals surface area contributed by atoms with Crippen LogP contribution >= 0.6 is 0 Å². The van der Waals surface area contributed by atoms with E-state index in [2.05, 4.69) is 31.8 Å². The lowest BCUT2D eigenvalue weighted by Crippen LogP contribution is -2.31. The van der Waals surface area contributed by atoms with Crippen LogP contribution in [0.5, 0.6) is 5.88 Å². The normalized spacial score (nSPS) is 15.6. The summed E-state index contributed by atoms with van der Waals surface area (Å²) in [5.74, 6) is 1.09. The number of nitrogens with zero attached hydrogens (tertiary/aromatic N) is 8. The molecule has 0 bridgehead atoms.